The van der Waals surface area contributed by atoms with Gasteiger partial charge < -0.3 is 0 Å². The number of hydrogen-bond donors (Lipinski definition) is 0. The van der Waals surface area contributed by atoms with Crippen LogP contribution in [0.25, 0.3) is 0 Å². The van der Waals surface area contributed by atoms with Crippen LogP contribution < -0.4 is 0 Å². The zero-order chi connectivity index (χ0) is 9.26. The van der Waals surface area contributed by atoms with Crippen LogP contribution in [0.4, 0.5) is 0 Å². The van der Waals surface area contributed by atoms with Gasteiger partial charge in [0.05, 0.1) is 11.7 Å². The van der Waals surface area contributed by atoms with Crippen LogP contribution in [0.3, 0.4) is 0 Å². The van der Waals surface area contributed by atoms with Crippen LogP contribution in [-0.4, -0.2) is 23.5 Å². The van der Waals surface area contributed by atoms with Gasteiger partial charge in [-0.3, -0.25) is 9.88 Å². The van der Waals surface area contributed by atoms with E-state index in [4.69, 9.17) is 0 Å². The lowest BCUT2D eigenvalue weighted by atomic mass is 10.1. The van der Waals surface area contributed by atoms with Gasteiger partial charge in [0.15, 0.2) is 0 Å². The summed E-state index contributed by atoms with van der Waals surface area (Å²) in [6.45, 7) is 3.36. The molecule has 13 heavy (non-hydrogen) atoms. The minimum Gasteiger partial charge on any atom is -0.298 e. The molecule has 1 aliphatic heterocycles. The van der Waals surface area contributed by atoms with E-state index in [9.17, 15) is 0 Å². The quantitative estimate of drug-likeness (QED) is 0.652. The number of aryl methyl sites for hydroxylation is 1. The topological polar surface area (TPSA) is 16.1 Å². The predicted molar refractivity (Wildman–Crippen MR) is 53.6 cm³/mol. The van der Waals surface area contributed by atoms with Gasteiger partial charge in [-0.05, 0) is 45.0 Å². The molecule has 1 atom stereocenters. The van der Waals surface area contributed by atoms with Crippen LogP contribution >= 0.6 is 0 Å². The highest BCUT2D eigenvalue weighted by Crippen LogP contribution is 2.30. The van der Waals surface area contributed by atoms with E-state index in [0.29, 0.717) is 6.04 Å². The molecule has 70 valence electrons. The van der Waals surface area contributed by atoms with E-state index in [0.717, 1.165) is 0 Å². The first-order valence-corrected chi connectivity index (χ1v) is 4.91. The van der Waals surface area contributed by atoms with E-state index >= 15 is 0 Å². The molecular weight excluding hydrogens is 160 g/mol. The fraction of sp³-hybridized carbons (Fsp3) is 0.545. The third-order valence-electron chi connectivity index (χ3n) is 2.89. The van der Waals surface area contributed by atoms with Crippen LogP contribution in [0, 0.1) is 6.92 Å². The summed E-state index contributed by atoms with van der Waals surface area (Å²) in [4.78, 5) is 6.87. The van der Waals surface area contributed by atoms with Crippen molar-refractivity contribution in [1.29, 1.82) is 0 Å². The molecule has 1 aromatic heterocycles. The van der Waals surface area contributed by atoms with Gasteiger partial charge in [-0.15, -0.1) is 0 Å². The number of rotatable bonds is 1. The van der Waals surface area contributed by atoms with Gasteiger partial charge in [-0.1, -0.05) is 6.07 Å². The second-order valence-corrected chi connectivity index (χ2v) is 3.84. The molecule has 1 fully saturated rings. The first-order chi connectivity index (χ1) is 6.29. The van der Waals surface area contributed by atoms with Crippen molar-refractivity contribution in [3.05, 3.63) is 29.6 Å². The monoisotopic (exact) mass is 176 g/mol. The predicted octanol–water partition coefficient (Wildman–Crippen LogP) is 2.16. The van der Waals surface area contributed by atoms with E-state index in [1.807, 2.05) is 12.3 Å². The Morgan fingerprint density at radius 3 is 3.00 bits per heavy atom. The summed E-state index contributed by atoms with van der Waals surface area (Å²) in [5.41, 5.74) is 2.59. The SMILES string of the molecule is Cc1cccnc1[C@@H]1CCCN1C. The summed E-state index contributed by atoms with van der Waals surface area (Å²) < 4.78 is 0. The van der Waals surface area contributed by atoms with E-state index in [1.54, 1.807) is 0 Å². The number of aromatic nitrogens is 1. The zero-order valence-corrected chi connectivity index (χ0v) is 8.33. The number of pyridine rings is 1. The minimum atomic E-state index is 0.557. The second kappa shape index (κ2) is 3.46. The molecule has 2 heterocycles. The van der Waals surface area contributed by atoms with Gasteiger partial charge in [0, 0.05) is 6.20 Å². The Kier molecular flexibility index (Phi) is 2.32. The van der Waals surface area contributed by atoms with Crippen LogP contribution in [0.15, 0.2) is 18.3 Å². The fourth-order valence-electron chi connectivity index (χ4n) is 2.10. The van der Waals surface area contributed by atoms with Gasteiger partial charge >= 0.3 is 0 Å². The maximum Gasteiger partial charge on any atom is 0.0604 e. The summed E-state index contributed by atoms with van der Waals surface area (Å²) in [7, 11) is 2.19. The Balaban J connectivity index is 2.29. The fourth-order valence-corrected chi connectivity index (χ4v) is 2.10. The Hall–Kier alpha value is -0.890. The van der Waals surface area contributed by atoms with Gasteiger partial charge in [0.2, 0.25) is 0 Å². The summed E-state index contributed by atoms with van der Waals surface area (Å²) in [6, 6.07) is 4.71. The Labute approximate surface area is 79.6 Å². The molecule has 1 saturated heterocycles. The molecular formula is C11H16N2. The first-order valence-electron chi connectivity index (χ1n) is 4.91. The van der Waals surface area contributed by atoms with E-state index < -0.39 is 0 Å². The standard InChI is InChI=1S/C11H16N2/c1-9-5-3-7-12-11(9)10-6-4-8-13(10)2/h3,5,7,10H,4,6,8H2,1-2H3/t10-/m0/s1. The maximum atomic E-state index is 4.47. The van der Waals surface area contributed by atoms with Crippen LogP contribution in [0.1, 0.15) is 30.1 Å². The van der Waals surface area contributed by atoms with E-state index in [2.05, 4.69) is 29.9 Å². The molecule has 0 unspecified atom stereocenters. The van der Waals surface area contributed by atoms with Crippen LogP contribution in [-0.2, 0) is 0 Å². The number of nitrogens with zero attached hydrogens (tertiary/aromatic N) is 2. The molecule has 0 N–H and O–H groups in total. The summed E-state index contributed by atoms with van der Waals surface area (Å²) in [5, 5.41) is 0. The molecule has 0 spiro atoms. The van der Waals surface area contributed by atoms with Crippen molar-refractivity contribution >= 4 is 0 Å². The molecule has 0 radical (unpaired) electrons. The minimum absolute atomic E-state index is 0.557. The van der Waals surface area contributed by atoms with Gasteiger partial charge in [-0.2, -0.15) is 0 Å². The third-order valence-corrected chi connectivity index (χ3v) is 2.89. The van der Waals surface area contributed by atoms with Crippen molar-refractivity contribution in [1.82, 2.24) is 9.88 Å². The molecule has 1 aromatic rings. The highest BCUT2D eigenvalue weighted by molar-refractivity contribution is 5.21. The highest BCUT2D eigenvalue weighted by atomic mass is 15.2. The lowest BCUT2D eigenvalue weighted by molar-refractivity contribution is 0.311. The smallest absolute Gasteiger partial charge is 0.0604 e. The highest BCUT2D eigenvalue weighted by Gasteiger charge is 2.24. The molecule has 0 amide bonds. The largest absolute Gasteiger partial charge is 0.298 e. The molecule has 0 aliphatic carbocycles. The summed E-state index contributed by atoms with van der Waals surface area (Å²) in [5.74, 6) is 0. The van der Waals surface area contributed by atoms with Crippen molar-refractivity contribution in [2.75, 3.05) is 13.6 Å². The maximum absolute atomic E-state index is 4.47. The van der Waals surface area contributed by atoms with E-state index in [-0.39, 0.29) is 0 Å². The van der Waals surface area contributed by atoms with Crippen molar-refractivity contribution < 1.29 is 0 Å². The molecule has 0 saturated carbocycles. The summed E-state index contributed by atoms with van der Waals surface area (Å²) >= 11 is 0. The van der Waals surface area contributed by atoms with Gasteiger partial charge in [-0.25, -0.2) is 0 Å². The van der Waals surface area contributed by atoms with Gasteiger partial charge in [0.25, 0.3) is 0 Å². The van der Waals surface area contributed by atoms with Crippen molar-refractivity contribution in [3.8, 4) is 0 Å². The summed E-state index contributed by atoms with van der Waals surface area (Å²) in [6.07, 6.45) is 4.46. The van der Waals surface area contributed by atoms with Crippen molar-refractivity contribution in [3.63, 3.8) is 0 Å². The molecule has 0 aromatic carbocycles. The molecule has 1 aliphatic rings. The zero-order valence-electron chi connectivity index (χ0n) is 8.33. The Morgan fingerprint density at radius 2 is 2.38 bits per heavy atom. The molecule has 2 rings (SSSR count). The number of hydrogen-bond acceptors (Lipinski definition) is 2. The molecule has 0 bridgehead atoms. The lowest BCUT2D eigenvalue weighted by Gasteiger charge is -2.20. The normalized spacial score (nSPS) is 23.7. The van der Waals surface area contributed by atoms with Crippen molar-refractivity contribution in [2.24, 2.45) is 0 Å². The lowest BCUT2D eigenvalue weighted by Crippen LogP contribution is -2.19. The van der Waals surface area contributed by atoms with Crippen molar-refractivity contribution in [2.45, 2.75) is 25.8 Å². The third kappa shape index (κ3) is 1.59. The molecule has 2 heteroatoms. The van der Waals surface area contributed by atoms with E-state index in [1.165, 1.54) is 30.6 Å². The van der Waals surface area contributed by atoms with Crippen LogP contribution in [0.5, 0.6) is 0 Å². The average molecular weight is 176 g/mol. The van der Waals surface area contributed by atoms with Crippen LogP contribution in [0.2, 0.25) is 0 Å². The second-order valence-electron chi connectivity index (χ2n) is 3.84. The Morgan fingerprint density at radius 1 is 1.54 bits per heavy atom. The number of likely N-dealkylation sites (tertiary alicyclic amines) is 1. The first kappa shape index (κ1) is 8.70. The van der Waals surface area contributed by atoms with Gasteiger partial charge in [0.1, 0.15) is 0 Å². The average Bonchev–Trinajstić information content (AvgIpc) is 2.52. The molecule has 2 nitrogen and oxygen atoms in total. The Bertz CT molecular complexity index is 296.